The second-order valence-electron chi connectivity index (χ2n) is 13.9. The van der Waals surface area contributed by atoms with Crippen molar-refractivity contribution in [1.29, 1.82) is 0 Å². The molecule has 0 radical (unpaired) electrons. The molecule has 0 spiro atoms. The number of piperazine rings is 1. The third-order valence-corrected chi connectivity index (χ3v) is 12.7. The van der Waals surface area contributed by atoms with E-state index in [1.54, 1.807) is 42.1 Å². The zero-order chi connectivity index (χ0) is 38.1. The van der Waals surface area contributed by atoms with Crippen LogP contribution in [0.15, 0.2) is 136 Å². The van der Waals surface area contributed by atoms with E-state index < -0.39 is 15.9 Å². The molecule has 2 N–H and O–H groups in total. The smallest absolute Gasteiger partial charge is 0.264 e. The molecule has 1 atom stereocenters. The largest absolute Gasteiger partial charge is 0.381 e. The van der Waals surface area contributed by atoms with E-state index in [0.29, 0.717) is 5.56 Å². The topological polar surface area (TPSA) is 85.0 Å². The van der Waals surface area contributed by atoms with Crippen LogP contribution in [0.5, 0.6) is 0 Å². The number of aryl methyl sites for hydroxylation is 1. The fraction of sp³-hybridized carbons (Fsp3) is 0.279. The Bertz CT molecular complexity index is 2110. The number of anilines is 2. The third kappa shape index (κ3) is 10.8. The normalized spacial score (nSPS) is 14.2. The maximum Gasteiger partial charge on any atom is 0.264 e. The third-order valence-electron chi connectivity index (χ3n) is 9.65. The summed E-state index contributed by atoms with van der Waals surface area (Å²) in [6.45, 7) is 7.21. The quantitative estimate of drug-likeness (QED) is 0.102. The number of thioether (sulfide) groups is 1. The van der Waals surface area contributed by atoms with Gasteiger partial charge in [0.1, 0.15) is 0 Å². The predicted octanol–water partition coefficient (Wildman–Crippen LogP) is 8.39. The Kier molecular flexibility index (Phi) is 13.5. The molecule has 54 heavy (non-hydrogen) atoms. The monoisotopic (exact) mass is 825 g/mol. The molecule has 0 saturated carbocycles. The van der Waals surface area contributed by atoms with E-state index in [4.69, 9.17) is 0 Å². The van der Waals surface area contributed by atoms with E-state index in [-0.39, 0.29) is 10.9 Å². The number of benzene rings is 5. The van der Waals surface area contributed by atoms with Gasteiger partial charge in [-0.05, 0) is 123 Å². The Morgan fingerprint density at radius 1 is 0.852 bits per heavy atom. The SMILES string of the molecule is Cc1cc(S(=O)(=O)NC(=O)c2ccc(N3CCN(Cc4ccccc4-c4ccc(Br)cc4)CC3)cc2)ccc1N[C@H](CCN(C)C)CSc1ccccc1. The van der Waals surface area contributed by atoms with E-state index in [2.05, 4.69) is 115 Å². The molecule has 0 aliphatic carbocycles. The van der Waals surface area contributed by atoms with Crippen molar-refractivity contribution < 1.29 is 13.2 Å². The van der Waals surface area contributed by atoms with Gasteiger partial charge >= 0.3 is 0 Å². The van der Waals surface area contributed by atoms with E-state index in [1.807, 2.05) is 37.3 Å². The van der Waals surface area contributed by atoms with Gasteiger partial charge in [-0.2, -0.15) is 0 Å². The molecule has 0 unspecified atom stereocenters. The van der Waals surface area contributed by atoms with Crippen molar-refractivity contribution in [1.82, 2.24) is 14.5 Å². The Morgan fingerprint density at radius 2 is 1.54 bits per heavy atom. The Hall–Kier alpha value is -4.13. The number of carbonyl (C=O) groups excluding carboxylic acids is 1. The molecule has 1 aliphatic heterocycles. The first-order valence-corrected chi connectivity index (χ1v) is 21.5. The van der Waals surface area contributed by atoms with Gasteiger partial charge < -0.3 is 15.1 Å². The van der Waals surface area contributed by atoms with Crippen molar-refractivity contribution in [3.05, 3.63) is 142 Å². The molecular formula is C43H48BrN5O3S2. The molecular weight excluding hydrogens is 779 g/mol. The first kappa shape index (κ1) is 39.6. The summed E-state index contributed by atoms with van der Waals surface area (Å²) in [6.07, 6.45) is 0.931. The standard InChI is InChI=1S/C43H48BrN5O3S2/c1-32-29-40(21-22-42(32)45-37(23-24-47(2)3)31-53-39-10-5-4-6-11-39)54(51,52)46-43(50)34-15-19-38(20-16-34)49-27-25-48(26-28-49)30-35-9-7-8-12-41(35)33-13-17-36(44)18-14-33/h4-22,29,37,45H,23-28,30-31H2,1-3H3,(H,46,50)/t37-/m1/s1. The average Bonchev–Trinajstić information content (AvgIpc) is 3.17. The molecule has 8 nitrogen and oxygen atoms in total. The minimum absolute atomic E-state index is 0.0522. The van der Waals surface area contributed by atoms with E-state index in [9.17, 15) is 13.2 Å². The summed E-state index contributed by atoms with van der Waals surface area (Å²) in [5.41, 5.74) is 6.73. The number of hydrogen-bond donors (Lipinski definition) is 2. The van der Waals surface area contributed by atoms with Gasteiger partial charge in [0.05, 0.1) is 4.90 Å². The molecule has 1 fully saturated rings. The minimum Gasteiger partial charge on any atom is -0.381 e. The van der Waals surface area contributed by atoms with Crippen LogP contribution in [-0.4, -0.2) is 82.7 Å². The van der Waals surface area contributed by atoms with Gasteiger partial charge in [-0.25, -0.2) is 13.1 Å². The minimum atomic E-state index is -4.08. The fourth-order valence-electron chi connectivity index (χ4n) is 6.55. The molecule has 1 amide bonds. The average molecular weight is 827 g/mol. The molecule has 282 valence electrons. The summed E-state index contributed by atoms with van der Waals surface area (Å²) >= 11 is 5.33. The molecule has 11 heteroatoms. The van der Waals surface area contributed by atoms with Crippen molar-refractivity contribution in [2.45, 2.75) is 35.7 Å². The van der Waals surface area contributed by atoms with E-state index in [0.717, 1.165) is 72.9 Å². The van der Waals surface area contributed by atoms with Crippen molar-refractivity contribution in [3.8, 4) is 11.1 Å². The summed E-state index contributed by atoms with van der Waals surface area (Å²) in [6, 6.07) is 39.7. The highest BCUT2D eigenvalue weighted by Gasteiger charge is 2.22. The lowest BCUT2D eigenvalue weighted by atomic mass is 9.99. The highest BCUT2D eigenvalue weighted by molar-refractivity contribution is 9.10. The molecule has 1 heterocycles. The lowest BCUT2D eigenvalue weighted by Crippen LogP contribution is -2.46. The highest BCUT2D eigenvalue weighted by atomic mass is 79.9. The molecule has 1 aliphatic rings. The molecule has 0 bridgehead atoms. The van der Waals surface area contributed by atoms with Gasteiger partial charge in [0.15, 0.2) is 0 Å². The van der Waals surface area contributed by atoms with Gasteiger partial charge in [0, 0.05) is 70.8 Å². The van der Waals surface area contributed by atoms with Gasteiger partial charge in [0.25, 0.3) is 15.9 Å². The van der Waals surface area contributed by atoms with Crippen molar-refractivity contribution in [2.75, 3.05) is 62.8 Å². The van der Waals surface area contributed by atoms with E-state index in [1.165, 1.54) is 21.6 Å². The van der Waals surface area contributed by atoms with Gasteiger partial charge in [-0.3, -0.25) is 9.69 Å². The number of rotatable bonds is 15. The number of halogens is 1. The maximum atomic E-state index is 13.4. The Balaban J connectivity index is 1.02. The van der Waals surface area contributed by atoms with E-state index >= 15 is 0 Å². The number of amides is 1. The van der Waals surface area contributed by atoms with Crippen molar-refractivity contribution >= 4 is 55.0 Å². The number of carbonyl (C=O) groups is 1. The number of nitrogens with one attached hydrogen (secondary N) is 2. The lowest BCUT2D eigenvalue weighted by Gasteiger charge is -2.36. The van der Waals surface area contributed by atoms with Gasteiger partial charge in [-0.1, -0.05) is 70.5 Å². The van der Waals surface area contributed by atoms with Crippen LogP contribution in [0.1, 0.15) is 27.9 Å². The molecule has 6 rings (SSSR count). The highest BCUT2D eigenvalue weighted by Crippen LogP contribution is 2.28. The van der Waals surface area contributed by atoms with Crippen LogP contribution >= 0.6 is 27.7 Å². The second-order valence-corrected chi connectivity index (χ2v) is 17.6. The fourth-order valence-corrected chi connectivity index (χ4v) is 8.86. The molecule has 5 aromatic carbocycles. The maximum absolute atomic E-state index is 13.4. The summed E-state index contributed by atoms with van der Waals surface area (Å²) < 4.78 is 30.1. The zero-order valence-corrected chi connectivity index (χ0v) is 34.3. The van der Waals surface area contributed by atoms with Crippen molar-refractivity contribution in [2.24, 2.45) is 0 Å². The van der Waals surface area contributed by atoms with Crippen LogP contribution in [0.4, 0.5) is 11.4 Å². The number of sulfonamides is 1. The lowest BCUT2D eigenvalue weighted by molar-refractivity contribution is 0.0981. The van der Waals surface area contributed by atoms with Crippen LogP contribution in [0.2, 0.25) is 0 Å². The van der Waals surface area contributed by atoms with Crippen LogP contribution in [-0.2, 0) is 16.6 Å². The summed E-state index contributed by atoms with van der Waals surface area (Å²) in [5, 5.41) is 3.64. The van der Waals surface area contributed by atoms with Crippen molar-refractivity contribution in [3.63, 3.8) is 0 Å². The van der Waals surface area contributed by atoms with Gasteiger partial charge in [0.2, 0.25) is 0 Å². The zero-order valence-electron chi connectivity index (χ0n) is 31.0. The van der Waals surface area contributed by atoms with Crippen LogP contribution in [0.25, 0.3) is 11.1 Å². The van der Waals surface area contributed by atoms with Gasteiger partial charge in [-0.15, -0.1) is 11.8 Å². The second kappa shape index (κ2) is 18.5. The Morgan fingerprint density at radius 3 is 2.22 bits per heavy atom. The number of nitrogens with zero attached hydrogens (tertiary/aromatic N) is 3. The Labute approximate surface area is 333 Å². The summed E-state index contributed by atoms with van der Waals surface area (Å²) in [4.78, 5) is 21.4. The molecule has 5 aromatic rings. The molecule has 0 aromatic heterocycles. The molecule has 1 saturated heterocycles. The van der Waals surface area contributed by atoms with Crippen LogP contribution < -0.4 is 14.9 Å². The summed E-state index contributed by atoms with van der Waals surface area (Å²) in [5.74, 6) is 0.211. The predicted molar refractivity (Wildman–Crippen MR) is 227 cm³/mol. The number of hydrogen-bond acceptors (Lipinski definition) is 8. The first-order valence-electron chi connectivity index (χ1n) is 18.2. The first-order chi connectivity index (χ1) is 26.0. The summed E-state index contributed by atoms with van der Waals surface area (Å²) in [7, 11) is 0.0360. The van der Waals surface area contributed by atoms with Crippen LogP contribution in [0, 0.1) is 6.92 Å². The van der Waals surface area contributed by atoms with Crippen LogP contribution in [0.3, 0.4) is 0 Å².